The lowest BCUT2D eigenvalue weighted by molar-refractivity contribution is -0.148. The fourth-order valence-electron chi connectivity index (χ4n) is 4.40. The minimum absolute atomic E-state index is 0.0959. The number of carbonyl (C=O) groups is 3. The molecule has 174 valence electrons. The molecule has 1 saturated heterocycles. The number of alkyl carbamates (subject to hydrolysis) is 1. The van der Waals surface area contributed by atoms with Gasteiger partial charge in [0.2, 0.25) is 5.91 Å². The molecule has 4 rings (SSSR count). The van der Waals surface area contributed by atoms with E-state index in [2.05, 4.69) is 10.6 Å². The molecule has 0 aromatic heterocycles. The Bertz CT molecular complexity index is 995. The lowest BCUT2D eigenvalue weighted by Gasteiger charge is -2.22. The van der Waals surface area contributed by atoms with Crippen LogP contribution in [0.15, 0.2) is 48.5 Å². The van der Waals surface area contributed by atoms with Crippen molar-refractivity contribution < 1.29 is 33.7 Å². The summed E-state index contributed by atoms with van der Waals surface area (Å²) < 4.78 is 15.7. The second-order valence-corrected chi connectivity index (χ2v) is 8.01. The maximum Gasteiger partial charge on any atom is 0.407 e. The molecule has 0 bridgehead atoms. The molecule has 2 aromatic rings. The number of carboxylic acids is 1. The summed E-state index contributed by atoms with van der Waals surface area (Å²) in [5.41, 5.74) is 4.40. The second-order valence-electron chi connectivity index (χ2n) is 8.01. The van der Waals surface area contributed by atoms with E-state index in [4.69, 9.17) is 14.2 Å². The van der Waals surface area contributed by atoms with Crippen molar-refractivity contribution in [3.63, 3.8) is 0 Å². The molecule has 2 aliphatic rings. The van der Waals surface area contributed by atoms with Crippen molar-refractivity contribution in [1.82, 2.24) is 10.6 Å². The van der Waals surface area contributed by atoms with E-state index in [0.717, 1.165) is 22.3 Å². The molecule has 2 amide bonds. The normalized spacial score (nSPS) is 19.9. The highest BCUT2D eigenvalue weighted by atomic mass is 16.5. The van der Waals surface area contributed by atoms with E-state index in [9.17, 15) is 19.5 Å². The molecule has 0 radical (unpaired) electrons. The topological polar surface area (TPSA) is 123 Å². The Labute approximate surface area is 191 Å². The minimum atomic E-state index is -1.15. The van der Waals surface area contributed by atoms with Crippen molar-refractivity contribution >= 4 is 18.0 Å². The molecule has 33 heavy (non-hydrogen) atoms. The third kappa shape index (κ3) is 4.84. The van der Waals surface area contributed by atoms with Gasteiger partial charge in [0.1, 0.15) is 12.6 Å². The number of methoxy groups -OCH3 is 1. The van der Waals surface area contributed by atoms with Crippen molar-refractivity contribution in [1.29, 1.82) is 0 Å². The Balaban J connectivity index is 1.38. The molecule has 1 aliphatic carbocycles. The van der Waals surface area contributed by atoms with Crippen LogP contribution in [0.3, 0.4) is 0 Å². The van der Waals surface area contributed by atoms with Crippen LogP contribution in [-0.2, 0) is 23.8 Å². The molecule has 2 aromatic carbocycles. The van der Waals surface area contributed by atoms with Gasteiger partial charge in [-0.15, -0.1) is 0 Å². The second kappa shape index (κ2) is 10.0. The lowest BCUT2D eigenvalue weighted by Crippen LogP contribution is -2.54. The number of benzene rings is 2. The molecule has 1 aliphatic heterocycles. The molecule has 3 unspecified atom stereocenters. The highest BCUT2D eigenvalue weighted by Gasteiger charge is 2.37. The Morgan fingerprint density at radius 1 is 1.09 bits per heavy atom. The molecule has 3 atom stereocenters. The van der Waals surface area contributed by atoms with Gasteiger partial charge in [0, 0.05) is 19.6 Å². The number of nitrogens with one attached hydrogen (secondary N) is 2. The Hall–Kier alpha value is -3.43. The van der Waals surface area contributed by atoms with Crippen molar-refractivity contribution in [2.45, 2.75) is 30.5 Å². The van der Waals surface area contributed by atoms with Crippen LogP contribution < -0.4 is 10.6 Å². The van der Waals surface area contributed by atoms with Crippen LogP contribution >= 0.6 is 0 Å². The van der Waals surface area contributed by atoms with Crippen LogP contribution in [0.5, 0.6) is 0 Å². The predicted molar refractivity (Wildman–Crippen MR) is 118 cm³/mol. The molecule has 9 heteroatoms. The van der Waals surface area contributed by atoms with Crippen molar-refractivity contribution in [2.24, 2.45) is 0 Å². The summed E-state index contributed by atoms with van der Waals surface area (Å²) in [6.45, 7) is 0.247. The number of hydrogen-bond donors (Lipinski definition) is 3. The fraction of sp³-hybridized carbons (Fsp3) is 0.375. The van der Waals surface area contributed by atoms with Crippen LogP contribution in [0.25, 0.3) is 11.1 Å². The number of rotatable bonds is 8. The Kier molecular flexibility index (Phi) is 6.90. The fourth-order valence-corrected chi connectivity index (χ4v) is 4.40. The molecule has 3 N–H and O–H groups in total. The minimum Gasteiger partial charge on any atom is -0.479 e. The Morgan fingerprint density at radius 3 is 2.33 bits per heavy atom. The van der Waals surface area contributed by atoms with E-state index in [1.165, 1.54) is 7.11 Å². The lowest BCUT2D eigenvalue weighted by atomic mass is 9.98. The zero-order valence-electron chi connectivity index (χ0n) is 18.2. The van der Waals surface area contributed by atoms with Gasteiger partial charge in [-0.3, -0.25) is 4.79 Å². The van der Waals surface area contributed by atoms with Crippen LogP contribution in [0.1, 0.15) is 23.5 Å². The third-order valence-electron chi connectivity index (χ3n) is 5.95. The summed E-state index contributed by atoms with van der Waals surface area (Å²) in [5.74, 6) is -1.82. The molecule has 0 spiro atoms. The molecule has 9 nitrogen and oxygen atoms in total. The van der Waals surface area contributed by atoms with Gasteiger partial charge in [-0.25, -0.2) is 9.59 Å². The van der Waals surface area contributed by atoms with Crippen LogP contribution in [0.4, 0.5) is 4.79 Å². The van der Waals surface area contributed by atoms with E-state index in [1.54, 1.807) is 0 Å². The molecular weight excluding hydrogens is 428 g/mol. The first kappa shape index (κ1) is 22.8. The maximum atomic E-state index is 12.7. The number of fused-ring (bicyclic) bond motifs is 3. The Morgan fingerprint density at radius 2 is 1.73 bits per heavy atom. The average molecular weight is 454 g/mol. The molecule has 1 fully saturated rings. The molecule has 1 heterocycles. The number of hydrogen-bond acceptors (Lipinski definition) is 6. The van der Waals surface area contributed by atoms with E-state index in [0.29, 0.717) is 6.42 Å². The van der Waals surface area contributed by atoms with Crippen LogP contribution in [-0.4, -0.2) is 68.2 Å². The van der Waals surface area contributed by atoms with Crippen molar-refractivity contribution in [3.05, 3.63) is 59.7 Å². The number of aliphatic carboxylic acids is 1. The summed E-state index contributed by atoms with van der Waals surface area (Å²) >= 11 is 0. The summed E-state index contributed by atoms with van der Waals surface area (Å²) in [7, 11) is 1.40. The SMILES string of the molecule is COCC(NC(=O)OCC1c2ccccc2-c2ccccc21)C(=O)NC1CCOC1C(=O)O. The predicted octanol–water partition coefficient (Wildman–Crippen LogP) is 1.90. The summed E-state index contributed by atoms with van der Waals surface area (Å²) in [6, 6.07) is 14.3. The number of carboxylic acid groups (broad SMARTS) is 1. The van der Waals surface area contributed by atoms with Gasteiger partial charge in [-0.1, -0.05) is 48.5 Å². The van der Waals surface area contributed by atoms with E-state index in [1.807, 2.05) is 48.5 Å². The van der Waals surface area contributed by atoms with Crippen LogP contribution in [0.2, 0.25) is 0 Å². The molecule has 0 saturated carbocycles. The zero-order chi connectivity index (χ0) is 23.4. The first-order chi connectivity index (χ1) is 16.0. The third-order valence-corrected chi connectivity index (χ3v) is 5.95. The highest BCUT2D eigenvalue weighted by molar-refractivity contribution is 5.87. The first-order valence-corrected chi connectivity index (χ1v) is 10.7. The van der Waals surface area contributed by atoms with Gasteiger partial charge < -0.3 is 30.0 Å². The van der Waals surface area contributed by atoms with Gasteiger partial charge in [-0.2, -0.15) is 0 Å². The van der Waals surface area contributed by atoms with Gasteiger partial charge >= 0.3 is 12.1 Å². The standard InChI is InChI=1S/C24H26N2O7/c1-31-13-20(22(27)25-19-10-11-32-21(19)23(28)29)26-24(30)33-12-18-16-8-4-2-6-14(16)15-7-3-5-9-17(15)18/h2-9,18-21H,10-13H2,1H3,(H,25,27)(H,26,30)(H,28,29). The quantitative estimate of drug-likeness (QED) is 0.557. The van der Waals surface area contributed by atoms with Gasteiger partial charge in [0.05, 0.1) is 12.6 Å². The van der Waals surface area contributed by atoms with Crippen molar-refractivity contribution in [2.75, 3.05) is 26.9 Å². The smallest absolute Gasteiger partial charge is 0.407 e. The molecular formula is C24H26N2O7. The van der Waals surface area contributed by atoms with Gasteiger partial charge in [-0.05, 0) is 28.7 Å². The van der Waals surface area contributed by atoms with Gasteiger partial charge in [0.15, 0.2) is 6.10 Å². The number of amides is 2. The summed E-state index contributed by atoms with van der Waals surface area (Å²) in [4.78, 5) is 36.5. The van der Waals surface area contributed by atoms with E-state index < -0.39 is 36.2 Å². The zero-order valence-corrected chi connectivity index (χ0v) is 18.2. The maximum absolute atomic E-state index is 12.7. The average Bonchev–Trinajstić information content (AvgIpc) is 3.40. The monoisotopic (exact) mass is 454 g/mol. The summed E-state index contributed by atoms with van der Waals surface area (Å²) in [6.07, 6.45) is -1.51. The number of ether oxygens (including phenoxy) is 3. The van der Waals surface area contributed by atoms with Gasteiger partial charge in [0.25, 0.3) is 0 Å². The first-order valence-electron chi connectivity index (χ1n) is 10.7. The number of carbonyl (C=O) groups excluding carboxylic acids is 2. The highest BCUT2D eigenvalue weighted by Crippen LogP contribution is 2.44. The van der Waals surface area contributed by atoms with E-state index >= 15 is 0 Å². The van der Waals surface area contributed by atoms with Crippen LogP contribution in [0, 0.1) is 0 Å². The summed E-state index contributed by atoms with van der Waals surface area (Å²) in [5, 5.41) is 14.4. The van der Waals surface area contributed by atoms with Crippen molar-refractivity contribution in [3.8, 4) is 11.1 Å². The van der Waals surface area contributed by atoms with E-state index in [-0.39, 0.29) is 25.7 Å². The largest absolute Gasteiger partial charge is 0.479 e.